The number of hydrogen-bond acceptors (Lipinski definition) is 3. The van der Waals surface area contributed by atoms with Gasteiger partial charge in [0.05, 0.1) is 4.88 Å². The van der Waals surface area contributed by atoms with Crippen LogP contribution in [0.1, 0.15) is 41.4 Å². The van der Waals surface area contributed by atoms with Gasteiger partial charge in [0.25, 0.3) is 0 Å². The number of aryl methyl sites for hydroxylation is 1. The van der Waals surface area contributed by atoms with Gasteiger partial charge in [-0.1, -0.05) is 31.5 Å². The Morgan fingerprint density at radius 2 is 2.00 bits per heavy atom. The number of benzene rings is 1. The van der Waals surface area contributed by atoms with Crippen LogP contribution in [-0.2, 0) is 6.42 Å². The van der Waals surface area contributed by atoms with Gasteiger partial charge >= 0.3 is 0 Å². The molecule has 0 aliphatic rings. The van der Waals surface area contributed by atoms with Crippen molar-refractivity contribution in [3.8, 4) is 0 Å². The highest BCUT2D eigenvalue weighted by Crippen LogP contribution is 2.13. The number of Topliss-reactive ketones (excluding diaryl/α,β-unsaturated/α-hetero) is 1. The Balaban J connectivity index is 1.75. The van der Waals surface area contributed by atoms with Crippen molar-refractivity contribution < 1.29 is 4.79 Å². The van der Waals surface area contributed by atoms with Crippen molar-refractivity contribution in [3.05, 3.63) is 52.2 Å². The molecular formula is C17H21NOS. The molecule has 2 aromatic rings. The zero-order valence-electron chi connectivity index (χ0n) is 11.9. The Labute approximate surface area is 124 Å². The monoisotopic (exact) mass is 287 g/mol. The average Bonchev–Trinajstić information content (AvgIpc) is 3.00. The quantitative estimate of drug-likeness (QED) is 0.708. The van der Waals surface area contributed by atoms with E-state index in [0.717, 1.165) is 17.0 Å². The van der Waals surface area contributed by atoms with Crippen LogP contribution in [0.5, 0.6) is 0 Å². The van der Waals surface area contributed by atoms with Crippen LogP contribution in [0, 0.1) is 0 Å². The van der Waals surface area contributed by atoms with Crippen LogP contribution in [0.15, 0.2) is 41.8 Å². The number of ketones is 1. The highest BCUT2D eigenvalue weighted by molar-refractivity contribution is 7.12. The summed E-state index contributed by atoms with van der Waals surface area (Å²) < 4.78 is 0. The van der Waals surface area contributed by atoms with Gasteiger partial charge in [0.1, 0.15) is 0 Å². The first-order valence-corrected chi connectivity index (χ1v) is 8.07. The first-order chi connectivity index (χ1) is 9.79. The number of anilines is 1. The zero-order valence-corrected chi connectivity index (χ0v) is 12.7. The lowest BCUT2D eigenvalue weighted by Gasteiger charge is -2.07. The third-order valence-electron chi connectivity index (χ3n) is 3.25. The van der Waals surface area contributed by atoms with Crippen molar-refractivity contribution in [1.82, 2.24) is 0 Å². The lowest BCUT2D eigenvalue weighted by Crippen LogP contribution is -2.07. The molecular weight excluding hydrogens is 266 g/mol. The molecule has 1 aromatic heterocycles. The maximum absolute atomic E-state index is 11.8. The van der Waals surface area contributed by atoms with Gasteiger partial charge < -0.3 is 5.32 Å². The Morgan fingerprint density at radius 1 is 1.20 bits per heavy atom. The maximum Gasteiger partial charge on any atom is 0.174 e. The van der Waals surface area contributed by atoms with Gasteiger partial charge in [-0.3, -0.25) is 4.79 Å². The van der Waals surface area contributed by atoms with Crippen molar-refractivity contribution in [2.24, 2.45) is 0 Å². The molecule has 0 amide bonds. The first-order valence-electron chi connectivity index (χ1n) is 7.19. The van der Waals surface area contributed by atoms with Crippen molar-refractivity contribution in [3.63, 3.8) is 0 Å². The van der Waals surface area contributed by atoms with E-state index in [1.165, 1.54) is 29.7 Å². The largest absolute Gasteiger partial charge is 0.385 e. The predicted octanol–water partition coefficient (Wildman–Crippen LogP) is 4.78. The minimum absolute atomic E-state index is 0.215. The van der Waals surface area contributed by atoms with E-state index in [-0.39, 0.29) is 5.78 Å². The van der Waals surface area contributed by atoms with Crippen LogP contribution < -0.4 is 5.32 Å². The number of rotatable bonds is 8. The summed E-state index contributed by atoms with van der Waals surface area (Å²) in [5.41, 5.74) is 2.47. The summed E-state index contributed by atoms with van der Waals surface area (Å²) in [6.07, 6.45) is 4.15. The molecule has 2 nitrogen and oxygen atoms in total. The van der Waals surface area contributed by atoms with Crippen molar-refractivity contribution in [1.29, 1.82) is 0 Å². The highest BCUT2D eigenvalue weighted by atomic mass is 32.1. The third-order valence-corrected chi connectivity index (χ3v) is 4.16. The number of unbranched alkanes of at least 4 members (excludes halogenated alkanes) is 1. The fourth-order valence-corrected chi connectivity index (χ4v) is 2.75. The molecule has 0 aliphatic heterocycles. The molecule has 0 bridgehead atoms. The standard InChI is InChI=1S/C17H21NOS/c1-2-3-5-14-7-9-15(10-8-14)18-12-11-16(19)17-6-4-13-20-17/h4,6-10,13,18H,2-3,5,11-12H2,1H3. The van der Waals surface area contributed by atoms with Gasteiger partial charge in [-0.2, -0.15) is 0 Å². The molecule has 0 aliphatic carbocycles. The molecule has 0 saturated carbocycles. The Kier molecular flexibility index (Phi) is 5.81. The van der Waals surface area contributed by atoms with Crippen LogP contribution >= 0.6 is 11.3 Å². The van der Waals surface area contributed by atoms with Crippen LogP contribution in [0.4, 0.5) is 5.69 Å². The Morgan fingerprint density at radius 3 is 2.65 bits per heavy atom. The van der Waals surface area contributed by atoms with Crippen LogP contribution in [0.3, 0.4) is 0 Å². The summed E-state index contributed by atoms with van der Waals surface area (Å²) in [7, 11) is 0. The lowest BCUT2D eigenvalue weighted by atomic mass is 10.1. The first kappa shape index (κ1) is 14.8. The van der Waals surface area contributed by atoms with Gasteiger partial charge in [-0.15, -0.1) is 11.3 Å². The van der Waals surface area contributed by atoms with E-state index in [9.17, 15) is 4.79 Å². The Bertz CT molecular complexity index is 516. The molecule has 0 atom stereocenters. The second kappa shape index (κ2) is 7.85. The molecule has 0 saturated heterocycles. The third kappa shape index (κ3) is 4.49. The van der Waals surface area contributed by atoms with Crippen molar-refractivity contribution >= 4 is 22.8 Å². The summed E-state index contributed by atoms with van der Waals surface area (Å²) in [5, 5.41) is 5.24. The van der Waals surface area contributed by atoms with Gasteiger partial charge in [0.2, 0.25) is 0 Å². The number of hydrogen-bond donors (Lipinski definition) is 1. The molecule has 0 radical (unpaired) electrons. The molecule has 20 heavy (non-hydrogen) atoms. The number of thiophene rings is 1. The van der Waals surface area contributed by atoms with Crippen molar-refractivity contribution in [2.75, 3.05) is 11.9 Å². The van der Waals surface area contributed by atoms with Gasteiger partial charge in [0, 0.05) is 18.7 Å². The van der Waals surface area contributed by atoms with Crippen molar-refractivity contribution in [2.45, 2.75) is 32.6 Å². The Hall–Kier alpha value is -1.61. The fourth-order valence-electron chi connectivity index (χ4n) is 2.05. The van der Waals surface area contributed by atoms with E-state index < -0.39 is 0 Å². The molecule has 1 aromatic carbocycles. The zero-order chi connectivity index (χ0) is 14.2. The number of carbonyl (C=O) groups is 1. The molecule has 0 spiro atoms. The molecule has 2 rings (SSSR count). The van der Waals surface area contributed by atoms with E-state index in [2.05, 4.69) is 36.5 Å². The van der Waals surface area contributed by atoms with Crippen LogP contribution in [0.2, 0.25) is 0 Å². The molecule has 1 heterocycles. The summed E-state index contributed by atoms with van der Waals surface area (Å²) in [5.74, 6) is 0.215. The molecule has 106 valence electrons. The fraction of sp³-hybridized carbons (Fsp3) is 0.353. The normalized spacial score (nSPS) is 10.4. The maximum atomic E-state index is 11.8. The van der Waals surface area contributed by atoms with Gasteiger partial charge in [-0.05, 0) is 42.0 Å². The van der Waals surface area contributed by atoms with Crippen LogP contribution in [-0.4, -0.2) is 12.3 Å². The molecule has 1 N–H and O–H groups in total. The summed E-state index contributed by atoms with van der Waals surface area (Å²) in [6.45, 7) is 2.89. The van der Waals surface area contributed by atoms with E-state index in [1.807, 2.05) is 17.5 Å². The van der Waals surface area contributed by atoms with E-state index in [0.29, 0.717) is 13.0 Å². The molecule has 3 heteroatoms. The second-order valence-corrected chi connectivity index (χ2v) is 5.83. The second-order valence-electron chi connectivity index (χ2n) is 4.88. The summed E-state index contributed by atoms with van der Waals surface area (Å²) >= 11 is 1.51. The highest BCUT2D eigenvalue weighted by Gasteiger charge is 2.05. The minimum atomic E-state index is 0.215. The van der Waals surface area contributed by atoms with E-state index in [1.54, 1.807) is 0 Å². The predicted molar refractivity (Wildman–Crippen MR) is 86.8 cm³/mol. The van der Waals surface area contributed by atoms with E-state index >= 15 is 0 Å². The SMILES string of the molecule is CCCCc1ccc(NCCC(=O)c2cccs2)cc1. The molecule has 0 unspecified atom stereocenters. The topological polar surface area (TPSA) is 29.1 Å². The van der Waals surface area contributed by atoms with Gasteiger partial charge in [0.15, 0.2) is 5.78 Å². The summed E-state index contributed by atoms with van der Waals surface area (Å²) in [4.78, 5) is 12.7. The number of nitrogens with one attached hydrogen (secondary N) is 1. The van der Waals surface area contributed by atoms with Crippen LogP contribution in [0.25, 0.3) is 0 Å². The van der Waals surface area contributed by atoms with Gasteiger partial charge in [-0.25, -0.2) is 0 Å². The minimum Gasteiger partial charge on any atom is -0.385 e. The smallest absolute Gasteiger partial charge is 0.174 e. The lowest BCUT2D eigenvalue weighted by molar-refractivity contribution is 0.0990. The molecule has 0 fully saturated rings. The average molecular weight is 287 g/mol. The summed E-state index contributed by atoms with van der Waals surface area (Å²) in [6, 6.07) is 12.3. The van der Waals surface area contributed by atoms with E-state index in [4.69, 9.17) is 0 Å². The number of carbonyl (C=O) groups excluding carboxylic acids is 1.